The number of likely N-dealkylation sites (N-methyl/N-ethyl adjacent to an activating group) is 1. The highest BCUT2D eigenvalue weighted by atomic mass is 127. The molecule has 2 aliphatic rings. The number of amides is 2. The molecule has 11 nitrogen and oxygen atoms in total. The minimum Gasteiger partial charge on any atom is -0.382 e. The van der Waals surface area contributed by atoms with Crippen molar-refractivity contribution < 1.29 is 9.59 Å². The van der Waals surface area contributed by atoms with Crippen LogP contribution in [0.25, 0.3) is 0 Å². The van der Waals surface area contributed by atoms with Crippen molar-refractivity contribution in [2.24, 2.45) is 0 Å². The molecule has 2 aromatic rings. The quantitative estimate of drug-likeness (QED) is 0.342. The number of hydrogen-bond acceptors (Lipinski definition) is 9. The summed E-state index contributed by atoms with van der Waals surface area (Å²) in [5.41, 5.74) is 8.21. The van der Waals surface area contributed by atoms with Crippen LogP contribution >= 0.6 is 22.6 Å². The number of halogens is 1. The van der Waals surface area contributed by atoms with Gasteiger partial charge in [0.1, 0.15) is 9.74 Å². The molecule has 0 bridgehead atoms. The summed E-state index contributed by atoms with van der Waals surface area (Å²) >= 11 is 2.12. The lowest BCUT2D eigenvalue weighted by Crippen LogP contribution is -2.56. The van der Waals surface area contributed by atoms with Crippen molar-refractivity contribution in [1.29, 1.82) is 5.26 Å². The van der Waals surface area contributed by atoms with Crippen molar-refractivity contribution in [2.45, 2.75) is 64.7 Å². The van der Waals surface area contributed by atoms with Crippen LogP contribution in [0.1, 0.15) is 61.6 Å². The molecule has 1 aromatic heterocycles. The van der Waals surface area contributed by atoms with Crippen LogP contribution in [0.3, 0.4) is 0 Å². The van der Waals surface area contributed by atoms with Gasteiger partial charge in [0.2, 0.25) is 5.91 Å². The molecule has 2 saturated heterocycles. The Bertz CT molecular complexity index is 1300. The number of piperazine rings is 1. The fraction of sp³-hybridized carbons (Fsp3) is 0.567. The molecule has 2 aliphatic heterocycles. The first-order valence-electron chi connectivity index (χ1n) is 14.8. The molecule has 1 aromatic carbocycles. The first-order chi connectivity index (χ1) is 20.1. The third-order valence-electron chi connectivity index (χ3n) is 8.48. The zero-order valence-electron chi connectivity index (χ0n) is 25.0. The number of rotatable bonds is 11. The normalized spacial score (nSPS) is 20.2. The number of nitrogens with zero attached hydrogens (tertiary/aromatic N) is 7. The van der Waals surface area contributed by atoms with Gasteiger partial charge in [-0.3, -0.25) is 19.4 Å². The predicted molar refractivity (Wildman–Crippen MR) is 172 cm³/mol. The van der Waals surface area contributed by atoms with E-state index in [-0.39, 0.29) is 17.4 Å². The number of carbonyl (C=O) groups excluding carboxylic acids is 2. The summed E-state index contributed by atoms with van der Waals surface area (Å²) in [4.78, 5) is 43.1. The summed E-state index contributed by atoms with van der Waals surface area (Å²) in [5, 5.41) is 11.8. The van der Waals surface area contributed by atoms with Crippen molar-refractivity contribution in [2.75, 3.05) is 56.9 Å². The SMILES string of the molecule is CC[C@H]1CN(c2nc(N)c(C(=O)N[C@H]3CCN(C)C3=O)nc2I)CCN1C(C)CCN(CC)Cc1ccc(C#N)cc1. The molecule has 42 heavy (non-hydrogen) atoms. The maximum atomic E-state index is 12.9. The second kappa shape index (κ2) is 14.4. The van der Waals surface area contributed by atoms with E-state index in [1.807, 2.05) is 24.3 Å². The van der Waals surface area contributed by atoms with E-state index < -0.39 is 11.9 Å². The van der Waals surface area contributed by atoms with Crippen LogP contribution in [0, 0.1) is 15.0 Å². The summed E-state index contributed by atoms with van der Waals surface area (Å²) in [6.45, 7) is 12.7. The van der Waals surface area contributed by atoms with Gasteiger partial charge in [0.15, 0.2) is 17.3 Å². The standard InChI is InChI=1S/C30H42IN9O2/c1-5-23-19-39(28-26(31)35-25(27(33)36-28)29(41)34-24-12-13-37(4)30(24)42)15-16-40(23)20(3)11-14-38(6-2)18-22-9-7-21(17-32)8-10-22/h7-10,20,23-24H,5-6,11-16,18-19H2,1-4H3,(H2,33,36)(H,34,41)/t20?,23-,24-/m0/s1. The van der Waals surface area contributed by atoms with Crippen LogP contribution in [0.4, 0.5) is 11.6 Å². The van der Waals surface area contributed by atoms with Gasteiger partial charge in [0, 0.05) is 51.9 Å². The molecule has 2 fully saturated rings. The van der Waals surface area contributed by atoms with E-state index >= 15 is 0 Å². The van der Waals surface area contributed by atoms with E-state index in [2.05, 4.69) is 79.4 Å². The van der Waals surface area contributed by atoms with Gasteiger partial charge < -0.3 is 20.9 Å². The summed E-state index contributed by atoms with van der Waals surface area (Å²) in [6, 6.07) is 10.3. The van der Waals surface area contributed by atoms with Crippen LogP contribution in [0.15, 0.2) is 24.3 Å². The average molecular weight is 688 g/mol. The fourth-order valence-electron chi connectivity index (χ4n) is 5.80. The predicted octanol–water partition coefficient (Wildman–Crippen LogP) is 2.70. The van der Waals surface area contributed by atoms with Crippen molar-refractivity contribution in [3.05, 3.63) is 44.8 Å². The molecule has 3 N–H and O–H groups in total. The lowest BCUT2D eigenvalue weighted by atomic mass is 10.0. The van der Waals surface area contributed by atoms with Gasteiger partial charge >= 0.3 is 0 Å². The summed E-state index contributed by atoms with van der Waals surface area (Å²) in [6.07, 6.45) is 2.64. The van der Waals surface area contributed by atoms with Crippen molar-refractivity contribution in [1.82, 2.24) is 30.0 Å². The second-order valence-corrected chi connectivity index (χ2v) is 12.2. The highest BCUT2D eigenvalue weighted by molar-refractivity contribution is 14.1. The van der Waals surface area contributed by atoms with E-state index in [1.54, 1.807) is 11.9 Å². The Kier molecular flexibility index (Phi) is 11.0. The maximum absolute atomic E-state index is 12.9. The molecule has 12 heteroatoms. The van der Waals surface area contributed by atoms with Crippen LogP contribution in [0.2, 0.25) is 0 Å². The Labute approximate surface area is 262 Å². The molecule has 2 amide bonds. The number of nitrogens with one attached hydrogen (secondary N) is 1. The number of aromatic nitrogens is 2. The lowest BCUT2D eigenvalue weighted by molar-refractivity contribution is -0.128. The molecule has 3 atom stereocenters. The number of benzene rings is 1. The van der Waals surface area contributed by atoms with Crippen LogP contribution in [0.5, 0.6) is 0 Å². The molecular weight excluding hydrogens is 645 g/mol. The van der Waals surface area contributed by atoms with Gasteiger partial charge in [-0.05, 0) is 79.6 Å². The zero-order valence-corrected chi connectivity index (χ0v) is 27.2. The molecule has 226 valence electrons. The van der Waals surface area contributed by atoms with Crippen molar-refractivity contribution in [3.63, 3.8) is 0 Å². The molecule has 4 rings (SSSR count). The first-order valence-corrected chi connectivity index (χ1v) is 15.8. The van der Waals surface area contributed by atoms with Gasteiger partial charge in [-0.1, -0.05) is 26.0 Å². The van der Waals surface area contributed by atoms with Gasteiger partial charge in [-0.2, -0.15) is 5.26 Å². The van der Waals surface area contributed by atoms with Gasteiger partial charge in [0.25, 0.3) is 5.91 Å². The zero-order chi connectivity index (χ0) is 30.4. The lowest BCUT2D eigenvalue weighted by Gasteiger charge is -2.45. The Morgan fingerprint density at radius 3 is 2.60 bits per heavy atom. The molecule has 3 heterocycles. The van der Waals surface area contributed by atoms with E-state index in [9.17, 15) is 9.59 Å². The number of carbonyl (C=O) groups is 2. The number of likely N-dealkylation sites (tertiary alicyclic amines) is 1. The van der Waals surface area contributed by atoms with E-state index in [1.165, 1.54) is 5.56 Å². The largest absolute Gasteiger partial charge is 0.382 e. The van der Waals surface area contributed by atoms with E-state index in [4.69, 9.17) is 11.0 Å². The molecule has 0 spiro atoms. The maximum Gasteiger partial charge on any atom is 0.274 e. The van der Waals surface area contributed by atoms with Crippen LogP contribution in [-0.2, 0) is 11.3 Å². The first kappa shape index (κ1) is 31.9. The Morgan fingerprint density at radius 2 is 1.98 bits per heavy atom. The Hall–Kier alpha value is -3.02. The van der Waals surface area contributed by atoms with Crippen molar-refractivity contribution >= 4 is 46.0 Å². The molecule has 0 saturated carbocycles. The van der Waals surface area contributed by atoms with Crippen LogP contribution < -0.4 is 16.0 Å². The van der Waals surface area contributed by atoms with Gasteiger partial charge in [-0.25, -0.2) is 9.97 Å². The third-order valence-corrected chi connectivity index (χ3v) is 9.20. The Balaban J connectivity index is 1.35. The highest BCUT2D eigenvalue weighted by Gasteiger charge is 2.33. The smallest absolute Gasteiger partial charge is 0.274 e. The Morgan fingerprint density at radius 1 is 1.24 bits per heavy atom. The topological polar surface area (TPSA) is 135 Å². The number of anilines is 2. The fourth-order valence-corrected chi connectivity index (χ4v) is 6.51. The van der Waals surface area contributed by atoms with Crippen LogP contribution in [-0.4, -0.2) is 101 Å². The number of nitriles is 1. The molecule has 0 radical (unpaired) electrons. The minimum atomic E-state index is -0.554. The number of nitrogen functional groups attached to an aromatic ring is 1. The molecule has 1 unspecified atom stereocenters. The summed E-state index contributed by atoms with van der Waals surface area (Å²) < 4.78 is 0.625. The highest BCUT2D eigenvalue weighted by Crippen LogP contribution is 2.27. The van der Waals surface area contributed by atoms with Gasteiger partial charge in [0.05, 0.1) is 11.6 Å². The third kappa shape index (κ3) is 7.48. The molecule has 0 aliphatic carbocycles. The summed E-state index contributed by atoms with van der Waals surface area (Å²) in [5.74, 6) is 0.204. The molecular formula is C30H42IN9O2. The van der Waals surface area contributed by atoms with Crippen molar-refractivity contribution in [3.8, 4) is 6.07 Å². The summed E-state index contributed by atoms with van der Waals surface area (Å²) in [7, 11) is 1.73. The van der Waals surface area contributed by atoms with E-state index in [0.717, 1.165) is 52.1 Å². The number of nitrogens with two attached hydrogens (primary N) is 1. The monoisotopic (exact) mass is 687 g/mol. The van der Waals surface area contributed by atoms with Gasteiger partial charge in [-0.15, -0.1) is 0 Å². The van der Waals surface area contributed by atoms with E-state index in [0.29, 0.717) is 40.1 Å². The number of hydrogen-bond donors (Lipinski definition) is 2. The average Bonchev–Trinajstić information content (AvgIpc) is 3.31. The second-order valence-electron chi connectivity index (χ2n) is 11.2. The minimum absolute atomic E-state index is 0.0614.